The third-order valence-electron chi connectivity index (χ3n) is 2.95. The highest BCUT2D eigenvalue weighted by molar-refractivity contribution is 9.10. The van der Waals surface area contributed by atoms with Crippen LogP contribution in [-0.4, -0.2) is 17.9 Å². The Morgan fingerprint density at radius 2 is 1.81 bits per heavy atom. The molecule has 1 amide bonds. The summed E-state index contributed by atoms with van der Waals surface area (Å²) < 4.78 is 0.760. The molecule has 0 saturated carbocycles. The van der Waals surface area contributed by atoms with Gasteiger partial charge in [0.2, 0.25) is 0 Å². The highest BCUT2D eigenvalue weighted by Crippen LogP contribution is 2.22. The van der Waals surface area contributed by atoms with Gasteiger partial charge >= 0.3 is 0 Å². The highest BCUT2D eigenvalue weighted by atomic mass is 79.9. The molecule has 108 valence electrons. The second kappa shape index (κ2) is 6.56. The van der Waals surface area contributed by atoms with Crippen LogP contribution >= 0.6 is 39.7 Å². The molecule has 0 spiro atoms. The van der Waals surface area contributed by atoms with Crippen molar-refractivity contribution < 1.29 is 4.79 Å². The van der Waals surface area contributed by atoms with Gasteiger partial charge in [-0.3, -0.25) is 4.79 Å². The smallest absolute Gasteiger partial charge is 0.258 e. The van der Waals surface area contributed by atoms with Crippen LogP contribution in [0, 0.1) is 0 Å². The fourth-order valence-corrected chi connectivity index (χ4v) is 2.83. The lowest BCUT2D eigenvalue weighted by atomic mass is 10.1. The number of benzene rings is 2. The average Bonchev–Trinajstić information content (AvgIpc) is 2.44. The van der Waals surface area contributed by atoms with Gasteiger partial charge in [0, 0.05) is 33.4 Å². The first kappa shape index (κ1) is 15.9. The van der Waals surface area contributed by atoms with Crippen LogP contribution in [0.15, 0.2) is 46.9 Å². The number of amides is 1. The molecule has 0 heterocycles. The lowest BCUT2D eigenvalue weighted by molar-refractivity contribution is 0.0993. The van der Waals surface area contributed by atoms with Crippen molar-refractivity contribution in [3.05, 3.63) is 63.1 Å². The van der Waals surface area contributed by atoms with Gasteiger partial charge in [-0.25, -0.2) is 0 Å². The van der Waals surface area contributed by atoms with Crippen molar-refractivity contribution in [1.29, 1.82) is 0 Å². The summed E-state index contributed by atoms with van der Waals surface area (Å²) >= 11 is 14.2. The fraction of sp³-hybridized carbons (Fsp3) is 0.0667. The van der Waals surface area contributed by atoms with E-state index in [2.05, 4.69) is 15.9 Å². The van der Waals surface area contributed by atoms with Gasteiger partial charge in [0.25, 0.3) is 5.91 Å². The Hall–Kier alpha value is -1.43. The zero-order valence-electron chi connectivity index (χ0n) is 11.1. The summed E-state index contributed by atoms with van der Waals surface area (Å²) in [5.41, 5.74) is 7.58. The van der Waals surface area contributed by atoms with Gasteiger partial charge in [0.15, 0.2) is 0 Å². The monoisotopic (exact) mass is 382 g/mol. The topological polar surface area (TPSA) is 46.3 Å². The number of anilines is 1. The first-order chi connectivity index (χ1) is 9.88. The molecule has 21 heavy (non-hydrogen) atoms. The van der Waals surface area contributed by atoms with Crippen LogP contribution in [0.25, 0.3) is 0 Å². The number of halogens is 2. The van der Waals surface area contributed by atoms with Gasteiger partial charge in [-0.15, -0.1) is 0 Å². The van der Waals surface area contributed by atoms with E-state index in [1.165, 1.54) is 0 Å². The van der Waals surface area contributed by atoms with Crippen LogP contribution in [0.5, 0.6) is 0 Å². The largest absolute Gasteiger partial charge is 0.389 e. The molecule has 0 aliphatic heterocycles. The first-order valence-electron chi connectivity index (χ1n) is 6.02. The van der Waals surface area contributed by atoms with Crippen molar-refractivity contribution in [3.8, 4) is 0 Å². The van der Waals surface area contributed by atoms with Crippen LogP contribution in [0.3, 0.4) is 0 Å². The Kier molecular flexibility index (Phi) is 4.98. The molecule has 3 nitrogen and oxygen atoms in total. The zero-order valence-corrected chi connectivity index (χ0v) is 14.3. The summed E-state index contributed by atoms with van der Waals surface area (Å²) in [6, 6.07) is 12.3. The van der Waals surface area contributed by atoms with Crippen LogP contribution in [0.4, 0.5) is 5.69 Å². The Balaban J connectivity index is 2.28. The highest BCUT2D eigenvalue weighted by Gasteiger charge is 2.14. The van der Waals surface area contributed by atoms with Crippen molar-refractivity contribution in [1.82, 2.24) is 0 Å². The van der Waals surface area contributed by atoms with E-state index in [0.29, 0.717) is 15.6 Å². The minimum atomic E-state index is -0.152. The van der Waals surface area contributed by atoms with E-state index < -0.39 is 0 Å². The van der Waals surface area contributed by atoms with E-state index in [0.717, 1.165) is 15.7 Å². The minimum Gasteiger partial charge on any atom is -0.389 e. The SMILES string of the molecule is CN(C(=O)c1cc(Cl)cc(Br)c1)c1ccc(C(N)=S)cc1. The zero-order chi connectivity index (χ0) is 15.6. The molecule has 0 atom stereocenters. The van der Waals surface area contributed by atoms with Crippen molar-refractivity contribution in [2.24, 2.45) is 5.73 Å². The van der Waals surface area contributed by atoms with Crippen LogP contribution in [0.1, 0.15) is 15.9 Å². The van der Waals surface area contributed by atoms with Gasteiger partial charge in [0.1, 0.15) is 4.99 Å². The second-order valence-electron chi connectivity index (χ2n) is 4.43. The third kappa shape index (κ3) is 3.81. The number of nitrogens with zero attached hydrogens (tertiary/aromatic N) is 1. The van der Waals surface area contributed by atoms with Crippen molar-refractivity contribution in [3.63, 3.8) is 0 Å². The number of rotatable bonds is 3. The molecule has 6 heteroatoms. The predicted molar refractivity (Wildman–Crippen MR) is 94.2 cm³/mol. The molecule has 0 bridgehead atoms. The predicted octanol–water partition coefficient (Wildman–Crippen LogP) is 4.01. The quantitative estimate of drug-likeness (QED) is 0.815. The Morgan fingerprint density at radius 3 is 2.33 bits per heavy atom. The molecule has 2 rings (SSSR count). The average molecular weight is 384 g/mol. The number of thiocarbonyl (C=S) groups is 1. The fourth-order valence-electron chi connectivity index (χ4n) is 1.84. The summed E-state index contributed by atoms with van der Waals surface area (Å²) in [7, 11) is 1.70. The van der Waals surface area contributed by atoms with Crippen molar-refractivity contribution in [2.75, 3.05) is 11.9 Å². The molecule has 0 saturated heterocycles. The first-order valence-corrected chi connectivity index (χ1v) is 7.60. The number of hydrogen-bond acceptors (Lipinski definition) is 2. The molecule has 0 fully saturated rings. The molecule has 2 N–H and O–H groups in total. The normalized spacial score (nSPS) is 10.2. The summed E-state index contributed by atoms with van der Waals surface area (Å²) in [5, 5.41) is 0.505. The Bertz CT molecular complexity index is 683. The maximum atomic E-state index is 12.5. The third-order valence-corrected chi connectivity index (χ3v) is 3.87. The van der Waals surface area contributed by atoms with Gasteiger partial charge in [0.05, 0.1) is 0 Å². The minimum absolute atomic E-state index is 0.152. The Morgan fingerprint density at radius 1 is 1.19 bits per heavy atom. The van der Waals surface area contributed by atoms with Crippen LogP contribution in [-0.2, 0) is 0 Å². The number of carbonyl (C=O) groups excluding carboxylic acids is 1. The summed E-state index contributed by atoms with van der Waals surface area (Å²) in [4.78, 5) is 14.3. The van der Waals surface area contributed by atoms with E-state index in [1.54, 1.807) is 54.4 Å². The lowest BCUT2D eigenvalue weighted by Crippen LogP contribution is -2.26. The number of carbonyl (C=O) groups is 1. The van der Waals surface area contributed by atoms with Crippen LogP contribution < -0.4 is 10.6 Å². The molecule has 0 aliphatic carbocycles. The molecular weight excluding hydrogens is 372 g/mol. The molecule has 0 unspecified atom stereocenters. The molecule has 0 radical (unpaired) electrons. The number of nitrogens with two attached hydrogens (primary N) is 1. The van der Waals surface area contributed by atoms with Crippen LogP contribution in [0.2, 0.25) is 5.02 Å². The van der Waals surface area contributed by atoms with Gasteiger partial charge in [-0.05, 0) is 42.5 Å². The summed E-state index contributed by atoms with van der Waals surface area (Å²) in [6.45, 7) is 0. The summed E-state index contributed by atoms with van der Waals surface area (Å²) in [5.74, 6) is -0.152. The van der Waals surface area contributed by atoms with Gasteiger partial charge in [-0.2, -0.15) is 0 Å². The molecule has 2 aromatic rings. The molecule has 0 aromatic heterocycles. The summed E-state index contributed by atoms with van der Waals surface area (Å²) in [6.07, 6.45) is 0. The maximum Gasteiger partial charge on any atom is 0.258 e. The second-order valence-corrected chi connectivity index (χ2v) is 6.23. The molecule has 2 aromatic carbocycles. The van der Waals surface area contributed by atoms with E-state index in [-0.39, 0.29) is 5.91 Å². The standard InChI is InChI=1S/C15H12BrClN2OS/c1-19(13-4-2-9(3-5-13)14(18)21)15(20)10-6-11(16)8-12(17)7-10/h2-8H,1H3,(H2,18,21). The Labute approximate surface area is 141 Å². The van der Waals surface area contributed by atoms with E-state index >= 15 is 0 Å². The maximum absolute atomic E-state index is 12.5. The van der Waals surface area contributed by atoms with E-state index in [4.69, 9.17) is 29.6 Å². The van der Waals surface area contributed by atoms with Gasteiger partial charge < -0.3 is 10.6 Å². The molecule has 0 aliphatic rings. The lowest BCUT2D eigenvalue weighted by Gasteiger charge is -2.18. The van der Waals surface area contributed by atoms with Crippen molar-refractivity contribution >= 4 is 56.3 Å². The van der Waals surface area contributed by atoms with E-state index in [9.17, 15) is 4.79 Å². The van der Waals surface area contributed by atoms with Gasteiger partial charge in [-0.1, -0.05) is 39.7 Å². The van der Waals surface area contributed by atoms with Crippen molar-refractivity contribution in [2.45, 2.75) is 0 Å². The van der Waals surface area contributed by atoms with E-state index in [1.807, 2.05) is 0 Å². The molecular formula is C15H12BrClN2OS. The number of hydrogen-bond donors (Lipinski definition) is 1.